The van der Waals surface area contributed by atoms with E-state index in [9.17, 15) is 4.79 Å². The number of halogens is 2. The minimum Gasteiger partial charge on any atom is -0.479 e. The normalized spacial score (nSPS) is 20.0. The topological polar surface area (TPSA) is 41.6 Å². The van der Waals surface area contributed by atoms with Gasteiger partial charge in [0.2, 0.25) is 0 Å². The lowest BCUT2D eigenvalue weighted by molar-refractivity contribution is -0.139. The summed E-state index contributed by atoms with van der Waals surface area (Å²) in [7, 11) is 0. The first kappa shape index (κ1) is 17.8. The molecule has 1 saturated heterocycles. The van der Waals surface area contributed by atoms with E-state index in [0.717, 1.165) is 38.4 Å². The number of rotatable bonds is 6. The second kappa shape index (κ2) is 7.94. The number of hydrogen-bond donors (Lipinski definition) is 1. The van der Waals surface area contributed by atoms with Crippen LogP contribution in [0.15, 0.2) is 18.2 Å². The van der Waals surface area contributed by atoms with Crippen LogP contribution < -0.4 is 10.1 Å². The third-order valence-electron chi connectivity index (χ3n) is 4.74. The van der Waals surface area contributed by atoms with Crippen LogP contribution in [0, 0.1) is 5.92 Å². The second-order valence-corrected chi connectivity index (χ2v) is 7.63. The van der Waals surface area contributed by atoms with E-state index < -0.39 is 6.10 Å². The highest BCUT2D eigenvalue weighted by Gasteiger charge is 2.28. The van der Waals surface area contributed by atoms with Crippen LogP contribution in [-0.4, -0.2) is 42.6 Å². The Labute approximate surface area is 153 Å². The van der Waals surface area contributed by atoms with Crippen molar-refractivity contribution in [2.75, 3.05) is 19.6 Å². The molecule has 1 aromatic rings. The second-order valence-electron chi connectivity index (χ2n) is 6.79. The molecule has 6 heteroatoms. The highest BCUT2D eigenvalue weighted by molar-refractivity contribution is 6.35. The number of nitrogens with one attached hydrogen (secondary N) is 1. The Hall–Kier alpha value is -0.970. The first-order valence-corrected chi connectivity index (χ1v) is 9.42. The fourth-order valence-electron chi connectivity index (χ4n) is 3.03. The third-order valence-corrected chi connectivity index (χ3v) is 5.27. The van der Waals surface area contributed by atoms with E-state index in [4.69, 9.17) is 27.9 Å². The maximum atomic E-state index is 12.6. The Kier molecular flexibility index (Phi) is 5.90. The van der Waals surface area contributed by atoms with Gasteiger partial charge in [-0.15, -0.1) is 0 Å². The number of benzene rings is 1. The SMILES string of the molecule is CC(Oc1ccc(Cl)cc1Cl)C(=O)N1CCC(NCC2CC2)CC1. The van der Waals surface area contributed by atoms with E-state index >= 15 is 0 Å². The summed E-state index contributed by atoms with van der Waals surface area (Å²) in [4.78, 5) is 14.5. The highest BCUT2D eigenvalue weighted by atomic mass is 35.5. The average Bonchev–Trinajstić information content (AvgIpc) is 3.39. The fourth-order valence-corrected chi connectivity index (χ4v) is 3.48. The molecule has 3 rings (SSSR count). The minimum atomic E-state index is -0.556. The predicted molar refractivity (Wildman–Crippen MR) is 96.9 cm³/mol. The molecule has 0 aromatic heterocycles. The van der Waals surface area contributed by atoms with Gasteiger partial charge >= 0.3 is 0 Å². The van der Waals surface area contributed by atoms with E-state index in [2.05, 4.69) is 5.32 Å². The maximum Gasteiger partial charge on any atom is 0.263 e. The Morgan fingerprint density at radius 2 is 2.00 bits per heavy atom. The van der Waals surface area contributed by atoms with Crippen LogP contribution in [-0.2, 0) is 4.79 Å². The Morgan fingerprint density at radius 1 is 1.29 bits per heavy atom. The van der Waals surface area contributed by atoms with Gasteiger partial charge in [0.05, 0.1) is 5.02 Å². The number of carbonyl (C=O) groups is 1. The van der Waals surface area contributed by atoms with E-state index in [1.54, 1.807) is 25.1 Å². The van der Waals surface area contributed by atoms with Gasteiger partial charge in [-0.2, -0.15) is 0 Å². The summed E-state index contributed by atoms with van der Waals surface area (Å²) in [6.07, 6.45) is 4.19. The van der Waals surface area contributed by atoms with Crippen LogP contribution >= 0.6 is 23.2 Å². The first-order chi connectivity index (χ1) is 11.5. The van der Waals surface area contributed by atoms with Crippen molar-refractivity contribution in [2.45, 2.75) is 44.8 Å². The molecule has 1 aliphatic carbocycles. The largest absolute Gasteiger partial charge is 0.479 e. The standard InChI is InChI=1S/C18H24Cl2N2O2/c1-12(24-17-5-4-14(19)10-16(17)20)18(23)22-8-6-15(7-9-22)21-11-13-2-3-13/h4-5,10,12-13,15,21H,2-3,6-9,11H2,1H3. The summed E-state index contributed by atoms with van der Waals surface area (Å²) in [5.74, 6) is 1.40. The summed E-state index contributed by atoms with van der Waals surface area (Å²) in [6.45, 7) is 4.46. The zero-order chi connectivity index (χ0) is 17.1. The molecular formula is C18H24Cl2N2O2. The summed E-state index contributed by atoms with van der Waals surface area (Å²) in [5.41, 5.74) is 0. The van der Waals surface area contributed by atoms with Gasteiger partial charge in [0.15, 0.2) is 6.10 Å². The van der Waals surface area contributed by atoms with Gasteiger partial charge in [-0.3, -0.25) is 4.79 Å². The van der Waals surface area contributed by atoms with Crippen molar-refractivity contribution in [3.05, 3.63) is 28.2 Å². The molecule has 24 heavy (non-hydrogen) atoms. The van der Waals surface area contributed by atoms with Crippen molar-refractivity contribution in [3.63, 3.8) is 0 Å². The summed E-state index contributed by atoms with van der Waals surface area (Å²) >= 11 is 12.0. The molecule has 1 aromatic carbocycles. The molecular weight excluding hydrogens is 347 g/mol. The molecule has 1 aliphatic heterocycles. The lowest BCUT2D eigenvalue weighted by Gasteiger charge is -2.34. The molecule has 2 fully saturated rings. The van der Waals surface area contributed by atoms with E-state index in [1.165, 1.54) is 12.8 Å². The van der Waals surface area contributed by atoms with E-state index in [0.29, 0.717) is 21.8 Å². The van der Waals surface area contributed by atoms with Crippen molar-refractivity contribution in [3.8, 4) is 5.75 Å². The lowest BCUT2D eigenvalue weighted by atomic mass is 10.0. The van der Waals surface area contributed by atoms with Crippen LogP contribution in [0.1, 0.15) is 32.6 Å². The molecule has 0 spiro atoms. The van der Waals surface area contributed by atoms with Gasteiger partial charge in [-0.1, -0.05) is 23.2 Å². The zero-order valence-electron chi connectivity index (χ0n) is 13.9. The monoisotopic (exact) mass is 370 g/mol. The van der Waals surface area contributed by atoms with E-state index in [1.807, 2.05) is 4.90 Å². The highest BCUT2D eigenvalue weighted by Crippen LogP contribution is 2.29. The molecule has 1 heterocycles. The Bertz CT molecular complexity index is 584. The van der Waals surface area contributed by atoms with Crippen LogP contribution in [0.2, 0.25) is 10.0 Å². The van der Waals surface area contributed by atoms with Crippen LogP contribution in [0.5, 0.6) is 5.75 Å². The van der Waals surface area contributed by atoms with Crippen molar-refractivity contribution < 1.29 is 9.53 Å². The molecule has 1 atom stereocenters. The number of piperidine rings is 1. The van der Waals surface area contributed by atoms with Gasteiger partial charge in [0.1, 0.15) is 5.75 Å². The molecule has 1 saturated carbocycles. The molecule has 1 amide bonds. The molecule has 0 radical (unpaired) electrons. The number of ether oxygens (including phenoxy) is 1. The Balaban J connectivity index is 1.47. The van der Waals surface area contributed by atoms with Crippen LogP contribution in [0.25, 0.3) is 0 Å². The van der Waals surface area contributed by atoms with Gasteiger partial charge in [0, 0.05) is 24.2 Å². The molecule has 1 unspecified atom stereocenters. The third kappa shape index (κ3) is 4.78. The van der Waals surface area contributed by atoms with Crippen molar-refractivity contribution in [2.24, 2.45) is 5.92 Å². The first-order valence-electron chi connectivity index (χ1n) is 8.67. The number of hydrogen-bond acceptors (Lipinski definition) is 3. The fraction of sp³-hybridized carbons (Fsp3) is 0.611. The summed E-state index contributed by atoms with van der Waals surface area (Å²) in [5, 5.41) is 4.60. The van der Waals surface area contributed by atoms with Gasteiger partial charge in [-0.25, -0.2) is 0 Å². The van der Waals surface area contributed by atoms with Crippen molar-refractivity contribution in [1.29, 1.82) is 0 Å². The Morgan fingerprint density at radius 3 is 2.62 bits per heavy atom. The number of likely N-dealkylation sites (tertiary alicyclic amines) is 1. The van der Waals surface area contributed by atoms with Gasteiger partial charge < -0.3 is 15.0 Å². The molecule has 1 N–H and O–H groups in total. The van der Waals surface area contributed by atoms with E-state index in [-0.39, 0.29) is 5.91 Å². The van der Waals surface area contributed by atoms with Gasteiger partial charge in [0.25, 0.3) is 5.91 Å². The number of carbonyl (C=O) groups excluding carboxylic acids is 1. The quantitative estimate of drug-likeness (QED) is 0.828. The maximum absolute atomic E-state index is 12.6. The summed E-state index contributed by atoms with van der Waals surface area (Å²) < 4.78 is 5.73. The molecule has 0 bridgehead atoms. The number of nitrogens with zero attached hydrogens (tertiary/aromatic N) is 1. The molecule has 2 aliphatic rings. The number of amides is 1. The van der Waals surface area contributed by atoms with Crippen LogP contribution in [0.3, 0.4) is 0 Å². The zero-order valence-corrected chi connectivity index (χ0v) is 15.4. The summed E-state index contributed by atoms with van der Waals surface area (Å²) in [6, 6.07) is 5.56. The van der Waals surface area contributed by atoms with Gasteiger partial charge in [-0.05, 0) is 63.3 Å². The smallest absolute Gasteiger partial charge is 0.263 e. The average molecular weight is 371 g/mol. The lowest BCUT2D eigenvalue weighted by Crippen LogP contribution is -2.48. The molecule has 4 nitrogen and oxygen atoms in total. The minimum absolute atomic E-state index is 0.0154. The van der Waals surface area contributed by atoms with Crippen molar-refractivity contribution in [1.82, 2.24) is 10.2 Å². The predicted octanol–water partition coefficient (Wildman–Crippen LogP) is 3.75. The molecule has 132 valence electrons. The van der Waals surface area contributed by atoms with Crippen molar-refractivity contribution >= 4 is 29.1 Å². The van der Waals surface area contributed by atoms with Crippen LogP contribution in [0.4, 0.5) is 0 Å².